The van der Waals surface area contributed by atoms with Crippen LogP contribution in [0.2, 0.25) is 10.0 Å². The van der Waals surface area contributed by atoms with E-state index >= 15 is 0 Å². The van der Waals surface area contributed by atoms with E-state index in [0.717, 1.165) is 16.7 Å². The maximum atomic E-state index is 13.0. The van der Waals surface area contributed by atoms with Crippen molar-refractivity contribution in [1.82, 2.24) is 10.2 Å². The van der Waals surface area contributed by atoms with E-state index in [1.165, 1.54) is 4.90 Å². The molecule has 0 heterocycles. The highest BCUT2D eigenvalue weighted by atomic mass is 35.5. The van der Waals surface area contributed by atoms with Crippen molar-refractivity contribution in [2.45, 2.75) is 53.2 Å². The lowest BCUT2D eigenvalue weighted by Gasteiger charge is -2.29. The summed E-state index contributed by atoms with van der Waals surface area (Å²) < 4.78 is 5.71. The molecule has 162 valence electrons. The fourth-order valence-electron chi connectivity index (χ4n) is 2.85. The second-order valence-corrected chi connectivity index (χ2v) is 8.46. The average Bonchev–Trinajstić information content (AvgIpc) is 2.68. The van der Waals surface area contributed by atoms with Crippen molar-refractivity contribution in [3.63, 3.8) is 0 Å². The maximum absolute atomic E-state index is 13.0. The van der Waals surface area contributed by atoms with Crippen LogP contribution in [0.5, 0.6) is 5.75 Å². The van der Waals surface area contributed by atoms with Crippen LogP contribution in [0, 0.1) is 13.8 Å². The van der Waals surface area contributed by atoms with Crippen molar-refractivity contribution in [1.29, 1.82) is 0 Å². The molecule has 1 N–H and O–H groups in total. The second-order valence-electron chi connectivity index (χ2n) is 7.64. The van der Waals surface area contributed by atoms with Crippen molar-refractivity contribution in [3.05, 3.63) is 63.1 Å². The van der Waals surface area contributed by atoms with E-state index in [1.54, 1.807) is 25.1 Å². The summed E-state index contributed by atoms with van der Waals surface area (Å²) in [6.07, 6.45) is 0. The molecule has 0 unspecified atom stereocenters. The summed E-state index contributed by atoms with van der Waals surface area (Å²) in [6, 6.07) is 10.1. The smallest absolute Gasteiger partial charge is 0.261 e. The molecular formula is C23H28Cl2N2O3. The van der Waals surface area contributed by atoms with Crippen LogP contribution in [0.25, 0.3) is 0 Å². The van der Waals surface area contributed by atoms with Crippen molar-refractivity contribution in [3.8, 4) is 5.75 Å². The van der Waals surface area contributed by atoms with Gasteiger partial charge in [0.25, 0.3) is 5.91 Å². The summed E-state index contributed by atoms with van der Waals surface area (Å²) in [5.41, 5.74) is 3.00. The molecular weight excluding hydrogens is 423 g/mol. The number of halogens is 2. The normalized spacial score (nSPS) is 11.9. The SMILES string of the molecule is Cc1ccc(OCC(=O)N(Cc2ccc(Cl)c(Cl)c2)[C@@H](C)C(=O)NC(C)C)cc1C. The Hall–Kier alpha value is -2.24. The largest absolute Gasteiger partial charge is 0.484 e. The van der Waals surface area contributed by atoms with Crippen molar-refractivity contribution in [2.24, 2.45) is 0 Å². The van der Waals surface area contributed by atoms with Gasteiger partial charge in [-0.05, 0) is 75.6 Å². The average molecular weight is 451 g/mol. The highest BCUT2D eigenvalue weighted by molar-refractivity contribution is 6.42. The lowest BCUT2D eigenvalue weighted by molar-refractivity contribution is -0.142. The molecule has 2 rings (SSSR count). The minimum Gasteiger partial charge on any atom is -0.484 e. The number of benzene rings is 2. The number of carbonyl (C=O) groups excluding carboxylic acids is 2. The predicted octanol–water partition coefficient (Wildman–Crippen LogP) is 4.93. The summed E-state index contributed by atoms with van der Waals surface area (Å²) in [5.74, 6) is 0.0792. The standard InChI is InChI=1S/C23H28Cl2N2O3/c1-14(2)26-23(29)17(5)27(12-18-7-9-20(24)21(25)11-18)22(28)13-30-19-8-6-15(3)16(4)10-19/h6-11,14,17H,12-13H2,1-5H3,(H,26,29)/t17-/m0/s1. The highest BCUT2D eigenvalue weighted by Crippen LogP contribution is 2.24. The number of amides is 2. The van der Waals surface area contributed by atoms with Crippen molar-refractivity contribution < 1.29 is 14.3 Å². The van der Waals surface area contributed by atoms with Crippen LogP contribution in [-0.2, 0) is 16.1 Å². The van der Waals surface area contributed by atoms with Gasteiger partial charge in [0.2, 0.25) is 5.91 Å². The fraction of sp³-hybridized carbons (Fsp3) is 0.391. The molecule has 0 aromatic heterocycles. The number of hydrogen-bond acceptors (Lipinski definition) is 3. The predicted molar refractivity (Wildman–Crippen MR) is 121 cm³/mol. The van der Waals surface area contributed by atoms with Gasteiger partial charge in [-0.15, -0.1) is 0 Å². The monoisotopic (exact) mass is 450 g/mol. The molecule has 0 aliphatic heterocycles. The van der Waals surface area contributed by atoms with Gasteiger partial charge in [-0.3, -0.25) is 9.59 Å². The molecule has 0 fully saturated rings. The van der Waals surface area contributed by atoms with Crippen LogP contribution in [0.4, 0.5) is 0 Å². The third kappa shape index (κ3) is 6.64. The summed E-state index contributed by atoms with van der Waals surface area (Å²) >= 11 is 12.1. The Morgan fingerprint density at radius 1 is 1.00 bits per heavy atom. The molecule has 2 aromatic carbocycles. The molecule has 30 heavy (non-hydrogen) atoms. The first-order chi connectivity index (χ1) is 14.1. The number of rotatable bonds is 8. The molecule has 0 aliphatic carbocycles. The molecule has 2 aromatic rings. The minimum atomic E-state index is -0.683. The molecule has 2 amide bonds. The van der Waals surface area contributed by atoms with Gasteiger partial charge in [-0.2, -0.15) is 0 Å². The van der Waals surface area contributed by atoms with Crippen LogP contribution < -0.4 is 10.1 Å². The number of hydrogen-bond donors (Lipinski definition) is 1. The fourth-order valence-corrected chi connectivity index (χ4v) is 3.17. The number of carbonyl (C=O) groups is 2. The number of aryl methyl sites for hydroxylation is 2. The molecule has 0 saturated heterocycles. The molecule has 0 bridgehead atoms. The zero-order valence-electron chi connectivity index (χ0n) is 18.0. The Morgan fingerprint density at radius 2 is 1.70 bits per heavy atom. The van der Waals surface area contributed by atoms with E-state index in [4.69, 9.17) is 27.9 Å². The van der Waals surface area contributed by atoms with E-state index in [2.05, 4.69) is 5.32 Å². The molecule has 5 nitrogen and oxygen atoms in total. The Balaban J connectivity index is 2.19. The van der Waals surface area contributed by atoms with Gasteiger partial charge < -0.3 is 15.0 Å². The van der Waals surface area contributed by atoms with E-state index in [9.17, 15) is 9.59 Å². The van der Waals surface area contributed by atoms with E-state index in [0.29, 0.717) is 15.8 Å². The second kappa shape index (κ2) is 10.7. The van der Waals surface area contributed by atoms with Crippen LogP contribution in [0.15, 0.2) is 36.4 Å². The molecule has 7 heteroatoms. The zero-order chi connectivity index (χ0) is 22.4. The van der Waals surface area contributed by atoms with Crippen LogP contribution in [0.1, 0.15) is 37.5 Å². The van der Waals surface area contributed by atoms with Gasteiger partial charge >= 0.3 is 0 Å². The summed E-state index contributed by atoms with van der Waals surface area (Å²) in [4.78, 5) is 27.1. The lowest BCUT2D eigenvalue weighted by atomic mass is 10.1. The van der Waals surface area contributed by atoms with Gasteiger partial charge in [0, 0.05) is 12.6 Å². The topological polar surface area (TPSA) is 58.6 Å². The molecule has 0 radical (unpaired) electrons. The van der Waals surface area contributed by atoms with Gasteiger partial charge in [-0.25, -0.2) is 0 Å². The van der Waals surface area contributed by atoms with E-state index in [1.807, 2.05) is 45.9 Å². The number of nitrogens with zero attached hydrogens (tertiary/aromatic N) is 1. The Morgan fingerprint density at radius 3 is 2.30 bits per heavy atom. The summed E-state index contributed by atoms with van der Waals surface area (Å²) in [5, 5.41) is 3.68. The number of ether oxygens (including phenoxy) is 1. The Labute approximate surface area is 188 Å². The van der Waals surface area contributed by atoms with Gasteiger partial charge in [0.1, 0.15) is 11.8 Å². The van der Waals surface area contributed by atoms with Crippen LogP contribution in [-0.4, -0.2) is 35.4 Å². The zero-order valence-corrected chi connectivity index (χ0v) is 19.5. The Kier molecular flexibility index (Phi) is 8.56. The quantitative estimate of drug-likeness (QED) is 0.619. The third-order valence-corrected chi connectivity index (χ3v) is 5.51. The van der Waals surface area contributed by atoms with Crippen molar-refractivity contribution in [2.75, 3.05) is 6.61 Å². The lowest BCUT2D eigenvalue weighted by Crippen LogP contribution is -2.50. The molecule has 1 atom stereocenters. The minimum absolute atomic E-state index is 0.0336. The first-order valence-corrected chi connectivity index (χ1v) is 10.6. The van der Waals surface area contributed by atoms with Crippen molar-refractivity contribution >= 4 is 35.0 Å². The third-order valence-electron chi connectivity index (χ3n) is 4.78. The van der Waals surface area contributed by atoms with Gasteiger partial charge in [0.15, 0.2) is 6.61 Å². The highest BCUT2D eigenvalue weighted by Gasteiger charge is 2.27. The van der Waals surface area contributed by atoms with Gasteiger partial charge in [0.05, 0.1) is 10.0 Å². The molecule has 0 aliphatic rings. The molecule has 0 spiro atoms. The maximum Gasteiger partial charge on any atom is 0.261 e. The first-order valence-electron chi connectivity index (χ1n) is 9.82. The summed E-state index contributed by atoms with van der Waals surface area (Å²) in [7, 11) is 0. The van der Waals surface area contributed by atoms with Crippen LogP contribution in [0.3, 0.4) is 0 Å². The number of nitrogens with one attached hydrogen (secondary N) is 1. The van der Waals surface area contributed by atoms with Gasteiger partial charge in [-0.1, -0.05) is 35.3 Å². The first kappa shape index (κ1) is 24.0. The summed E-state index contributed by atoms with van der Waals surface area (Å²) in [6.45, 7) is 9.47. The van der Waals surface area contributed by atoms with E-state index < -0.39 is 6.04 Å². The molecule has 0 saturated carbocycles. The Bertz CT molecular complexity index is 915. The van der Waals surface area contributed by atoms with Crippen LogP contribution >= 0.6 is 23.2 Å². The van der Waals surface area contributed by atoms with E-state index in [-0.39, 0.29) is 31.0 Å².